The van der Waals surface area contributed by atoms with Gasteiger partial charge in [-0.3, -0.25) is 4.98 Å². The van der Waals surface area contributed by atoms with E-state index in [0.29, 0.717) is 12.1 Å². The largest absolute Gasteiger partial charge is 0.490 e. The Balaban J connectivity index is 1.71. The summed E-state index contributed by atoms with van der Waals surface area (Å²) in [6.45, 7) is 5.15. The summed E-state index contributed by atoms with van der Waals surface area (Å²) in [7, 11) is 0. The minimum Gasteiger partial charge on any atom is -0.490 e. The first-order valence-corrected chi connectivity index (χ1v) is 7.65. The summed E-state index contributed by atoms with van der Waals surface area (Å²) < 4.78 is 5.78. The SMILES string of the molecule is CC(C)NCc1cncc(-c2ccc(OC3CC3)cc2)c1. The van der Waals surface area contributed by atoms with Crippen LogP contribution in [0.2, 0.25) is 0 Å². The molecule has 0 radical (unpaired) electrons. The minimum atomic E-state index is 0.447. The minimum absolute atomic E-state index is 0.447. The summed E-state index contributed by atoms with van der Waals surface area (Å²) >= 11 is 0. The lowest BCUT2D eigenvalue weighted by molar-refractivity contribution is 0.303. The van der Waals surface area contributed by atoms with Crippen LogP contribution in [-0.4, -0.2) is 17.1 Å². The van der Waals surface area contributed by atoms with Crippen molar-refractivity contribution >= 4 is 0 Å². The van der Waals surface area contributed by atoms with Gasteiger partial charge >= 0.3 is 0 Å². The molecule has 1 aliphatic rings. The zero-order valence-electron chi connectivity index (χ0n) is 12.7. The number of aromatic nitrogens is 1. The first-order chi connectivity index (χ1) is 10.2. The first-order valence-electron chi connectivity index (χ1n) is 7.65. The van der Waals surface area contributed by atoms with Crippen LogP contribution in [0.15, 0.2) is 42.7 Å². The third-order valence-corrected chi connectivity index (χ3v) is 3.52. The zero-order valence-corrected chi connectivity index (χ0v) is 12.7. The second-order valence-corrected chi connectivity index (χ2v) is 5.96. The van der Waals surface area contributed by atoms with Gasteiger partial charge in [0.25, 0.3) is 0 Å². The molecule has 0 saturated heterocycles. The molecule has 3 heteroatoms. The van der Waals surface area contributed by atoms with E-state index in [1.165, 1.54) is 24.0 Å². The van der Waals surface area contributed by atoms with E-state index in [9.17, 15) is 0 Å². The van der Waals surface area contributed by atoms with Crippen molar-refractivity contribution in [2.75, 3.05) is 0 Å². The van der Waals surface area contributed by atoms with Crippen LogP contribution < -0.4 is 10.1 Å². The van der Waals surface area contributed by atoms with Gasteiger partial charge < -0.3 is 10.1 Å². The maximum atomic E-state index is 5.78. The summed E-state index contributed by atoms with van der Waals surface area (Å²) in [5, 5.41) is 3.42. The van der Waals surface area contributed by atoms with Crippen molar-refractivity contribution in [3.8, 4) is 16.9 Å². The number of nitrogens with zero attached hydrogens (tertiary/aromatic N) is 1. The third-order valence-electron chi connectivity index (χ3n) is 3.52. The van der Waals surface area contributed by atoms with E-state index in [4.69, 9.17) is 4.74 Å². The third kappa shape index (κ3) is 4.05. The van der Waals surface area contributed by atoms with Crippen molar-refractivity contribution in [1.29, 1.82) is 0 Å². The molecular formula is C18H22N2O. The van der Waals surface area contributed by atoms with Gasteiger partial charge in [0.05, 0.1) is 6.10 Å². The molecule has 3 nitrogen and oxygen atoms in total. The van der Waals surface area contributed by atoms with Gasteiger partial charge in [-0.2, -0.15) is 0 Å². The molecule has 1 aromatic carbocycles. The molecule has 1 N–H and O–H groups in total. The molecule has 3 rings (SSSR count). The van der Waals surface area contributed by atoms with Gasteiger partial charge in [0.1, 0.15) is 5.75 Å². The predicted octanol–water partition coefficient (Wildman–Crippen LogP) is 3.79. The van der Waals surface area contributed by atoms with Crippen molar-refractivity contribution in [2.24, 2.45) is 0 Å². The average Bonchev–Trinajstić information content (AvgIpc) is 3.30. The fourth-order valence-corrected chi connectivity index (χ4v) is 2.17. The van der Waals surface area contributed by atoms with Gasteiger partial charge in [-0.05, 0) is 42.2 Å². The van der Waals surface area contributed by atoms with Gasteiger partial charge in [0.15, 0.2) is 0 Å². The van der Waals surface area contributed by atoms with E-state index in [0.717, 1.165) is 17.9 Å². The second-order valence-electron chi connectivity index (χ2n) is 5.96. The Morgan fingerprint density at radius 3 is 2.57 bits per heavy atom. The Morgan fingerprint density at radius 1 is 1.14 bits per heavy atom. The van der Waals surface area contributed by atoms with Crippen LogP contribution in [-0.2, 0) is 6.54 Å². The highest BCUT2D eigenvalue weighted by molar-refractivity contribution is 5.63. The van der Waals surface area contributed by atoms with Crippen LogP contribution in [0, 0.1) is 0 Å². The van der Waals surface area contributed by atoms with E-state index >= 15 is 0 Å². The summed E-state index contributed by atoms with van der Waals surface area (Å²) in [6, 6.07) is 11.0. The molecule has 0 amide bonds. The van der Waals surface area contributed by atoms with E-state index < -0.39 is 0 Å². The molecule has 1 aliphatic carbocycles. The van der Waals surface area contributed by atoms with Crippen LogP contribution in [0.25, 0.3) is 11.1 Å². The number of pyridine rings is 1. The lowest BCUT2D eigenvalue weighted by Gasteiger charge is -2.10. The van der Waals surface area contributed by atoms with Crippen molar-refractivity contribution in [2.45, 2.75) is 45.4 Å². The molecule has 110 valence electrons. The van der Waals surface area contributed by atoms with Gasteiger partial charge in [-0.15, -0.1) is 0 Å². The number of ether oxygens (including phenoxy) is 1. The Bertz CT molecular complexity index is 588. The summed E-state index contributed by atoms with van der Waals surface area (Å²) in [5.74, 6) is 0.965. The van der Waals surface area contributed by atoms with E-state index in [1.807, 2.05) is 24.5 Å². The molecule has 1 heterocycles. The van der Waals surface area contributed by atoms with Crippen LogP contribution in [0.4, 0.5) is 0 Å². The lowest BCUT2D eigenvalue weighted by Crippen LogP contribution is -2.21. The summed E-state index contributed by atoms with van der Waals surface area (Å²) in [4.78, 5) is 4.35. The fourth-order valence-electron chi connectivity index (χ4n) is 2.17. The normalized spacial score (nSPS) is 14.4. The van der Waals surface area contributed by atoms with Crippen LogP contribution in [0.5, 0.6) is 5.75 Å². The summed E-state index contributed by atoms with van der Waals surface area (Å²) in [5.41, 5.74) is 3.53. The second kappa shape index (κ2) is 6.27. The van der Waals surface area contributed by atoms with Crippen LogP contribution in [0.3, 0.4) is 0 Å². The molecule has 0 aliphatic heterocycles. The van der Waals surface area contributed by atoms with Crippen molar-refractivity contribution in [3.63, 3.8) is 0 Å². The molecule has 0 bridgehead atoms. The Morgan fingerprint density at radius 2 is 1.90 bits per heavy atom. The van der Waals surface area contributed by atoms with Crippen molar-refractivity contribution < 1.29 is 4.74 Å². The average molecular weight is 282 g/mol. The van der Waals surface area contributed by atoms with Crippen molar-refractivity contribution in [3.05, 3.63) is 48.3 Å². The number of benzene rings is 1. The quantitative estimate of drug-likeness (QED) is 0.875. The van der Waals surface area contributed by atoms with Gasteiger partial charge in [0.2, 0.25) is 0 Å². The van der Waals surface area contributed by atoms with E-state index in [2.05, 4.69) is 42.3 Å². The van der Waals surface area contributed by atoms with Crippen LogP contribution >= 0.6 is 0 Å². The van der Waals surface area contributed by atoms with E-state index in [1.54, 1.807) is 0 Å². The molecule has 1 saturated carbocycles. The predicted molar refractivity (Wildman–Crippen MR) is 85.3 cm³/mol. The lowest BCUT2D eigenvalue weighted by atomic mass is 10.1. The van der Waals surface area contributed by atoms with E-state index in [-0.39, 0.29) is 0 Å². The molecule has 2 aromatic rings. The van der Waals surface area contributed by atoms with Gasteiger partial charge in [0, 0.05) is 30.5 Å². The number of rotatable bonds is 6. The number of nitrogens with one attached hydrogen (secondary N) is 1. The maximum absolute atomic E-state index is 5.78. The highest BCUT2D eigenvalue weighted by Gasteiger charge is 2.23. The number of hydrogen-bond donors (Lipinski definition) is 1. The molecular weight excluding hydrogens is 260 g/mol. The van der Waals surface area contributed by atoms with Gasteiger partial charge in [-0.1, -0.05) is 26.0 Å². The Hall–Kier alpha value is -1.87. The smallest absolute Gasteiger partial charge is 0.119 e. The molecule has 0 spiro atoms. The summed E-state index contributed by atoms with van der Waals surface area (Å²) in [6.07, 6.45) is 6.66. The fraction of sp³-hybridized carbons (Fsp3) is 0.389. The molecule has 0 unspecified atom stereocenters. The Kier molecular flexibility index (Phi) is 4.20. The molecule has 0 atom stereocenters. The maximum Gasteiger partial charge on any atom is 0.119 e. The number of hydrogen-bond acceptors (Lipinski definition) is 3. The molecule has 21 heavy (non-hydrogen) atoms. The molecule has 1 fully saturated rings. The highest BCUT2D eigenvalue weighted by Crippen LogP contribution is 2.28. The zero-order chi connectivity index (χ0) is 14.7. The highest BCUT2D eigenvalue weighted by atomic mass is 16.5. The van der Waals surface area contributed by atoms with Crippen LogP contribution in [0.1, 0.15) is 32.3 Å². The van der Waals surface area contributed by atoms with Gasteiger partial charge in [-0.25, -0.2) is 0 Å². The van der Waals surface area contributed by atoms with Crippen molar-refractivity contribution in [1.82, 2.24) is 10.3 Å². The Labute approximate surface area is 126 Å². The monoisotopic (exact) mass is 282 g/mol. The topological polar surface area (TPSA) is 34.2 Å². The molecule has 1 aromatic heterocycles. The first kappa shape index (κ1) is 14.1. The standard InChI is InChI=1S/C18H22N2O/c1-13(2)20-11-14-9-16(12-19-10-14)15-3-5-17(6-4-15)21-18-7-8-18/h3-6,9-10,12-13,18,20H,7-8,11H2,1-2H3.